The van der Waals surface area contributed by atoms with E-state index in [-0.39, 0.29) is 24.5 Å². The molecule has 0 radical (unpaired) electrons. The Morgan fingerprint density at radius 1 is 0.793 bits per heavy atom. The molecule has 1 fully saturated rings. The van der Waals surface area contributed by atoms with Gasteiger partial charge >= 0.3 is 5.97 Å². The van der Waals surface area contributed by atoms with Gasteiger partial charge in [0.25, 0.3) is 0 Å². The lowest BCUT2D eigenvalue weighted by molar-refractivity contribution is -0.143. The average Bonchev–Trinajstić information content (AvgIpc) is 3.46. The van der Waals surface area contributed by atoms with Crippen LogP contribution in [0.5, 0.6) is 5.75 Å². The van der Waals surface area contributed by atoms with E-state index in [2.05, 4.69) is 34.4 Å². The number of carboxylic acid groups (broad SMARTS) is 1. The summed E-state index contributed by atoms with van der Waals surface area (Å²) >= 11 is 0. The fraction of sp³-hybridized carbons (Fsp3) is 0.700. The number of benzene rings is 1. The van der Waals surface area contributed by atoms with Gasteiger partial charge in [0.15, 0.2) is 0 Å². The van der Waals surface area contributed by atoms with Gasteiger partial charge in [0.2, 0.25) is 29.5 Å². The summed E-state index contributed by atoms with van der Waals surface area (Å²) in [4.78, 5) is 83.5. The Morgan fingerprint density at radius 3 is 1.91 bits per heavy atom. The molecule has 2 rings (SSSR count). The normalized spacial score (nSPS) is 17.8. The second-order valence-electron chi connectivity index (χ2n) is 18.2. The molecule has 0 aromatic heterocycles. The molecule has 0 bridgehead atoms. The van der Waals surface area contributed by atoms with Crippen LogP contribution in [0.15, 0.2) is 24.3 Å². The van der Waals surface area contributed by atoms with Gasteiger partial charge in [-0.15, -0.1) is 0 Å². The molecule has 1 aliphatic heterocycles. The quantitative estimate of drug-likeness (QED) is 0.0506. The lowest BCUT2D eigenvalue weighted by Crippen LogP contribution is -2.60. The van der Waals surface area contributed by atoms with Crippen molar-refractivity contribution in [1.29, 1.82) is 0 Å². The van der Waals surface area contributed by atoms with E-state index in [1.807, 2.05) is 33.5 Å². The molecule has 12 N–H and O–H groups in total. The van der Waals surface area contributed by atoms with Crippen molar-refractivity contribution < 1.29 is 39.0 Å². The number of nitrogens with one attached hydrogen (secondary N) is 4. The summed E-state index contributed by atoms with van der Waals surface area (Å²) < 4.78 is 0. The van der Waals surface area contributed by atoms with E-state index in [0.29, 0.717) is 62.6 Å². The molecule has 58 heavy (non-hydrogen) atoms. The van der Waals surface area contributed by atoms with Gasteiger partial charge in [-0.25, -0.2) is 4.79 Å². The number of carboxylic acids is 1. The Bertz CT molecular complexity index is 1520. The number of phenolic OH excluding ortho intramolecular Hbond substituents is 1. The number of rotatable bonds is 25. The van der Waals surface area contributed by atoms with E-state index in [9.17, 15) is 39.0 Å². The lowest BCUT2D eigenvalue weighted by Gasteiger charge is -2.31. The van der Waals surface area contributed by atoms with Crippen molar-refractivity contribution >= 4 is 51.7 Å². The molecule has 0 unspecified atom stereocenters. The van der Waals surface area contributed by atoms with Gasteiger partial charge in [-0.1, -0.05) is 71.6 Å². The Kier molecular flexibility index (Phi) is 20.5. The summed E-state index contributed by atoms with van der Waals surface area (Å²) in [6.07, 6.45) is 4.86. The molecule has 328 valence electrons. The predicted molar refractivity (Wildman–Crippen MR) is 231 cm³/mol. The predicted octanol–water partition coefficient (Wildman–Crippen LogP) is 1.78. The molecule has 1 aromatic carbocycles. The number of phenols is 1. The van der Waals surface area contributed by atoms with E-state index in [4.69, 9.17) is 17.2 Å². The fourth-order valence-corrected chi connectivity index (χ4v) is 11.6. The molecule has 16 nitrogen and oxygen atoms in total. The molecule has 0 aliphatic carbocycles. The van der Waals surface area contributed by atoms with E-state index in [0.717, 1.165) is 19.3 Å². The zero-order valence-corrected chi connectivity index (χ0v) is 37.8. The minimum absolute atomic E-state index is 0.00727. The molecule has 1 heterocycles. The van der Waals surface area contributed by atoms with Crippen LogP contribution in [0.1, 0.15) is 70.8 Å². The molecule has 0 spiro atoms. The molecule has 1 aliphatic rings. The van der Waals surface area contributed by atoms with Crippen molar-refractivity contribution in [2.45, 2.75) is 153 Å². The first kappa shape index (κ1) is 50.3. The summed E-state index contributed by atoms with van der Waals surface area (Å²) in [7, 11) is -4.22. The summed E-state index contributed by atoms with van der Waals surface area (Å²) in [5.74, 6) is -3.87. The highest BCUT2D eigenvalue weighted by Gasteiger charge is 2.47. The maximum atomic E-state index is 14.4. The molecule has 1 saturated heterocycles. The highest BCUT2D eigenvalue weighted by Crippen LogP contribution is 2.29. The number of amides is 5. The SMILES string of the molecule is CC(C)C[C@H](NC(=O)[C@H](C[Si](C)(C)C)NC(=O)[C@H](Cc1ccc(O)cc1)NC(=O)[C@@H]1C[Si](C)(C)CN1C(=O)[C@H](CCCCN)NC(=O)[C@@H](N)CCCCCN)C(=O)O. The van der Waals surface area contributed by atoms with E-state index in [1.165, 1.54) is 17.0 Å². The van der Waals surface area contributed by atoms with Crippen LogP contribution in [0.3, 0.4) is 0 Å². The monoisotopic (exact) mass is 849 g/mol. The summed E-state index contributed by atoms with van der Waals surface area (Å²) in [5.41, 5.74) is 18.2. The van der Waals surface area contributed by atoms with Gasteiger partial charge in [0.1, 0.15) is 36.0 Å². The lowest BCUT2D eigenvalue weighted by atomic mass is 10.0. The second kappa shape index (κ2) is 23.7. The highest BCUT2D eigenvalue weighted by atomic mass is 28.3. The molecular formula is C40H72N8O8Si2. The Balaban J connectivity index is 2.44. The number of aliphatic carboxylic acids is 1. The van der Waals surface area contributed by atoms with E-state index in [1.54, 1.807) is 12.1 Å². The molecule has 18 heteroatoms. The standard InChI is InChI=1S/C40H72N8O8Si2/c1-26(2)21-32(40(55)56)46-37(52)33(23-57(3,4)5)47-36(51)31(22-27-15-17-28(49)18-16-27)45-38(53)34-24-58(6,7)25-48(34)39(54)30(14-10-12-20-42)44-35(50)29(43)13-9-8-11-19-41/h15-18,26,29-34,49H,8-14,19-25,41-43H2,1-7H3,(H,44,50)(H,45,53)(H,46,52)(H,47,51)(H,55,56)/t29-,30-,31-,32-,33-,34-/m0/s1. The number of unbranched alkanes of at least 4 members (excludes halogenated alkanes) is 3. The zero-order valence-electron chi connectivity index (χ0n) is 35.8. The maximum Gasteiger partial charge on any atom is 0.326 e. The Hall–Kier alpha value is -3.85. The van der Waals surface area contributed by atoms with Crippen molar-refractivity contribution in [3.63, 3.8) is 0 Å². The number of nitrogens with two attached hydrogens (primary N) is 3. The zero-order chi connectivity index (χ0) is 43.8. The van der Waals surface area contributed by atoms with Gasteiger partial charge in [-0.05, 0) is 87.3 Å². The molecule has 6 atom stereocenters. The first-order valence-electron chi connectivity index (χ1n) is 20.8. The molecule has 0 saturated carbocycles. The van der Waals surface area contributed by atoms with Crippen LogP contribution >= 0.6 is 0 Å². The summed E-state index contributed by atoms with van der Waals surface area (Å²) in [6.45, 7) is 14.9. The Labute approximate surface area is 346 Å². The van der Waals surface area contributed by atoms with E-state index >= 15 is 0 Å². The molecule has 1 aromatic rings. The van der Waals surface area contributed by atoms with Crippen molar-refractivity contribution in [3.8, 4) is 5.75 Å². The van der Waals surface area contributed by atoms with Gasteiger partial charge in [0.05, 0.1) is 14.1 Å². The summed E-state index contributed by atoms with van der Waals surface area (Å²) in [6, 6.07) is 0.761. The topological polar surface area (TPSA) is 272 Å². The Morgan fingerprint density at radius 2 is 1.34 bits per heavy atom. The first-order chi connectivity index (χ1) is 27.1. The van der Waals surface area contributed by atoms with Crippen LogP contribution in [0.2, 0.25) is 44.8 Å². The molecule has 5 amide bonds. The van der Waals surface area contributed by atoms with Gasteiger partial charge in [-0.2, -0.15) is 0 Å². The summed E-state index contributed by atoms with van der Waals surface area (Å²) in [5, 5.41) is 30.9. The van der Waals surface area contributed by atoms with Gasteiger partial charge in [-0.3, -0.25) is 24.0 Å². The fourth-order valence-electron chi connectivity index (χ4n) is 7.18. The van der Waals surface area contributed by atoms with Crippen LogP contribution in [-0.2, 0) is 35.2 Å². The smallest absolute Gasteiger partial charge is 0.326 e. The van der Waals surface area contributed by atoms with Crippen LogP contribution in [0.25, 0.3) is 0 Å². The number of aromatic hydroxyl groups is 1. The minimum atomic E-state index is -2.17. The van der Waals surface area contributed by atoms with Crippen LogP contribution in [-0.4, -0.2) is 122 Å². The number of hydrogen-bond acceptors (Lipinski definition) is 10. The number of carbonyl (C=O) groups is 6. The van der Waals surface area contributed by atoms with Crippen molar-refractivity contribution in [1.82, 2.24) is 26.2 Å². The average molecular weight is 849 g/mol. The molecular weight excluding hydrogens is 777 g/mol. The third kappa shape index (κ3) is 17.6. The van der Waals surface area contributed by atoms with E-state index < -0.39 is 87.9 Å². The first-order valence-corrected chi connectivity index (χ1v) is 27.9. The third-order valence-corrected chi connectivity index (χ3v) is 14.5. The highest BCUT2D eigenvalue weighted by molar-refractivity contribution is 6.79. The number of nitrogens with zero attached hydrogens (tertiary/aromatic N) is 1. The number of carbonyl (C=O) groups excluding carboxylic acids is 5. The third-order valence-electron chi connectivity index (χ3n) is 10.2. The minimum Gasteiger partial charge on any atom is -0.508 e. The van der Waals surface area contributed by atoms with Crippen LogP contribution < -0.4 is 38.5 Å². The number of hydrogen-bond donors (Lipinski definition) is 9. The van der Waals surface area contributed by atoms with Gasteiger partial charge in [0, 0.05) is 20.7 Å². The van der Waals surface area contributed by atoms with Crippen LogP contribution in [0.4, 0.5) is 0 Å². The van der Waals surface area contributed by atoms with Crippen molar-refractivity contribution in [3.05, 3.63) is 29.8 Å². The largest absolute Gasteiger partial charge is 0.508 e. The van der Waals surface area contributed by atoms with Crippen molar-refractivity contribution in [2.24, 2.45) is 23.1 Å². The second-order valence-corrected chi connectivity index (χ2v) is 28.8. The van der Waals surface area contributed by atoms with Gasteiger partial charge < -0.3 is 53.6 Å². The van der Waals surface area contributed by atoms with Crippen molar-refractivity contribution in [2.75, 3.05) is 19.3 Å². The van der Waals surface area contributed by atoms with Crippen LogP contribution in [0, 0.1) is 5.92 Å². The maximum absolute atomic E-state index is 14.4.